The molecular formula is C20H21F2N5O3. The number of hydrogen-bond acceptors (Lipinski definition) is 7. The fraction of sp³-hybridized carbons (Fsp3) is 0.300. The Morgan fingerprint density at radius 1 is 1.27 bits per heavy atom. The van der Waals surface area contributed by atoms with E-state index >= 15 is 0 Å². The average Bonchev–Trinajstić information content (AvgIpc) is 2.70. The lowest BCUT2D eigenvalue weighted by molar-refractivity contribution is -0.110. The number of hydrogen-bond donors (Lipinski definition) is 2. The van der Waals surface area contributed by atoms with Crippen molar-refractivity contribution in [3.05, 3.63) is 53.9 Å². The molecule has 0 aliphatic carbocycles. The van der Waals surface area contributed by atoms with Crippen LogP contribution < -0.4 is 9.80 Å². The SMILES string of the molecule is CN(Cc1ccc(C(=N)OC(=N)C(F)F)cn1)c1ccccc1N(C=O)C1COC1. The third-order valence-electron chi connectivity index (χ3n) is 4.59. The van der Waals surface area contributed by atoms with E-state index in [0.717, 1.165) is 17.8 Å². The molecule has 1 aromatic heterocycles. The van der Waals surface area contributed by atoms with E-state index in [2.05, 4.69) is 9.72 Å². The summed E-state index contributed by atoms with van der Waals surface area (Å²) in [6.07, 6.45) is -0.946. The summed E-state index contributed by atoms with van der Waals surface area (Å²) in [5.74, 6) is -1.85. The number of pyridine rings is 1. The molecule has 0 radical (unpaired) electrons. The Kier molecular flexibility index (Phi) is 6.68. The molecule has 3 rings (SSSR count). The Hall–Kier alpha value is -3.40. The van der Waals surface area contributed by atoms with Gasteiger partial charge < -0.3 is 19.3 Å². The summed E-state index contributed by atoms with van der Waals surface area (Å²) in [4.78, 5) is 19.5. The molecule has 1 saturated heterocycles. The van der Waals surface area contributed by atoms with Crippen molar-refractivity contribution in [2.75, 3.05) is 30.1 Å². The van der Waals surface area contributed by atoms with Gasteiger partial charge in [-0.15, -0.1) is 0 Å². The summed E-state index contributed by atoms with van der Waals surface area (Å²) in [5.41, 5.74) is 2.45. The normalized spacial score (nSPS) is 13.5. The molecule has 1 amide bonds. The molecule has 158 valence electrons. The molecule has 0 saturated carbocycles. The molecule has 0 atom stereocenters. The van der Waals surface area contributed by atoms with Gasteiger partial charge in [0.05, 0.1) is 48.4 Å². The number of carbonyl (C=O) groups excluding carboxylic acids is 1. The van der Waals surface area contributed by atoms with Crippen molar-refractivity contribution in [3.8, 4) is 0 Å². The highest BCUT2D eigenvalue weighted by atomic mass is 19.3. The topological polar surface area (TPSA) is 103 Å². The zero-order chi connectivity index (χ0) is 21.7. The number of nitrogens with one attached hydrogen (secondary N) is 2. The summed E-state index contributed by atoms with van der Waals surface area (Å²) in [5, 5.41) is 14.7. The van der Waals surface area contributed by atoms with Crippen molar-refractivity contribution in [1.82, 2.24) is 4.98 Å². The zero-order valence-corrected chi connectivity index (χ0v) is 16.2. The van der Waals surface area contributed by atoms with Crippen LogP contribution in [0.1, 0.15) is 11.3 Å². The Bertz CT molecular complexity index is 919. The van der Waals surface area contributed by atoms with Crippen molar-refractivity contribution >= 4 is 29.6 Å². The minimum Gasteiger partial charge on any atom is -0.419 e. The second-order valence-electron chi connectivity index (χ2n) is 6.68. The number of aromatic nitrogens is 1. The highest BCUT2D eigenvalue weighted by molar-refractivity contribution is 5.99. The highest BCUT2D eigenvalue weighted by Gasteiger charge is 2.28. The van der Waals surface area contributed by atoms with Crippen molar-refractivity contribution in [3.63, 3.8) is 0 Å². The van der Waals surface area contributed by atoms with Crippen LogP contribution in [0.15, 0.2) is 42.6 Å². The first-order valence-electron chi connectivity index (χ1n) is 9.10. The van der Waals surface area contributed by atoms with Gasteiger partial charge in [0.15, 0.2) is 0 Å². The lowest BCUT2D eigenvalue weighted by Gasteiger charge is -2.36. The van der Waals surface area contributed by atoms with Crippen LogP contribution in [0.25, 0.3) is 0 Å². The molecule has 1 aliphatic heterocycles. The van der Waals surface area contributed by atoms with Crippen molar-refractivity contribution in [2.45, 2.75) is 19.0 Å². The molecule has 2 heterocycles. The average molecular weight is 417 g/mol. The summed E-state index contributed by atoms with van der Waals surface area (Å²) < 4.78 is 34.4. The largest absolute Gasteiger partial charge is 0.419 e. The monoisotopic (exact) mass is 417 g/mol. The minimum absolute atomic E-state index is 0.00689. The summed E-state index contributed by atoms with van der Waals surface area (Å²) in [7, 11) is 1.86. The van der Waals surface area contributed by atoms with E-state index in [1.54, 1.807) is 11.0 Å². The van der Waals surface area contributed by atoms with Crippen LogP contribution in [0, 0.1) is 10.8 Å². The van der Waals surface area contributed by atoms with Crippen LogP contribution >= 0.6 is 0 Å². The zero-order valence-electron chi connectivity index (χ0n) is 16.2. The van der Waals surface area contributed by atoms with E-state index in [-0.39, 0.29) is 11.6 Å². The minimum atomic E-state index is -3.08. The van der Waals surface area contributed by atoms with Gasteiger partial charge in [0.2, 0.25) is 12.3 Å². The van der Waals surface area contributed by atoms with Gasteiger partial charge in [0.1, 0.15) is 0 Å². The molecule has 0 bridgehead atoms. The third-order valence-corrected chi connectivity index (χ3v) is 4.59. The number of benzene rings is 1. The first-order valence-corrected chi connectivity index (χ1v) is 9.10. The van der Waals surface area contributed by atoms with E-state index < -0.39 is 18.2 Å². The van der Waals surface area contributed by atoms with Crippen molar-refractivity contribution in [2.24, 2.45) is 0 Å². The smallest absolute Gasteiger partial charge is 0.312 e. The van der Waals surface area contributed by atoms with Crippen LogP contribution in [-0.4, -0.2) is 55.9 Å². The van der Waals surface area contributed by atoms with E-state index in [1.807, 2.05) is 36.2 Å². The standard InChI is InChI=1S/C20H21F2N5O3/c1-26(16-4-2-3-5-17(16)27(12-28)15-10-29-11-15)9-14-7-6-13(8-25-14)19(23)30-20(24)18(21)22/h2-8,12,15,18,23-24H,9-11H2,1H3. The molecule has 1 fully saturated rings. The number of rotatable bonds is 8. The van der Waals surface area contributed by atoms with Crippen LogP contribution in [-0.2, 0) is 20.8 Å². The lowest BCUT2D eigenvalue weighted by atomic mass is 10.1. The number of para-hydroxylation sites is 2. The van der Waals surface area contributed by atoms with E-state index in [0.29, 0.717) is 25.5 Å². The maximum absolute atomic E-state index is 12.4. The Morgan fingerprint density at radius 3 is 2.50 bits per heavy atom. The fourth-order valence-electron chi connectivity index (χ4n) is 2.92. The molecule has 30 heavy (non-hydrogen) atoms. The highest BCUT2D eigenvalue weighted by Crippen LogP contribution is 2.31. The number of alkyl halides is 2. The van der Waals surface area contributed by atoms with Crippen LogP contribution in [0.4, 0.5) is 20.2 Å². The summed E-state index contributed by atoms with van der Waals surface area (Å²) in [6, 6.07) is 10.7. The molecule has 0 spiro atoms. The molecular weight excluding hydrogens is 396 g/mol. The quantitative estimate of drug-likeness (QED) is 0.391. The number of anilines is 2. The second kappa shape index (κ2) is 9.40. The van der Waals surface area contributed by atoms with Crippen molar-refractivity contribution in [1.29, 1.82) is 10.8 Å². The molecule has 1 aromatic carbocycles. The number of amides is 1. The van der Waals surface area contributed by atoms with Crippen molar-refractivity contribution < 1.29 is 23.0 Å². The maximum Gasteiger partial charge on any atom is 0.312 e. The summed E-state index contributed by atoms with van der Waals surface area (Å²) >= 11 is 0. The van der Waals surface area contributed by atoms with Crippen LogP contribution in [0.2, 0.25) is 0 Å². The third kappa shape index (κ3) is 4.77. The first-order chi connectivity index (χ1) is 14.4. The molecule has 10 heteroatoms. The van der Waals surface area contributed by atoms with E-state index in [1.165, 1.54) is 12.3 Å². The number of nitrogens with zero attached hydrogens (tertiary/aromatic N) is 3. The van der Waals surface area contributed by atoms with Crippen LogP contribution in [0.3, 0.4) is 0 Å². The number of halogens is 2. The van der Waals surface area contributed by atoms with Gasteiger partial charge in [-0.2, -0.15) is 8.78 Å². The number of ether oxygens (including phenoxy) is 2. The van der Waals surface area contributed by atoms with Gasteiger partial charge in [-0.25, -0.2) is 0 Å². The molecule has 2 N–H and O–H groups in total. The fourth-order valence-corrected chi connectivity index (χ4v) is 2.92. The van der Waals surface area contributed by atoms with E-state index in [9.17, 15) is 13.6 Å². The number of carbonyl (C=O) groups is 1. The maximum atomic E-state index is 12.4. The molecule has 0 unspecified atom stereocenters. The first kappa shape index (κ1) is 21.3. The predicted molar refractivity (Wildman–Crippen MR) is 108 cm³/mol. The van der Waals surface area contributed by atoms with Gasteiger partial charge in [-0.05, 0) is 24.3 Å². The van der Waals surface area contributed by atoms with Gasteiger partial charge in [-0.1, -0.05) is 12.1 Å². The molecule has 2 aromatic rings. The molecule has 1 aliphatic rings. The van der Waals surface area contributed by atoms with E-state index in [4.69, 9.17) is 15.6 Å². The Balaban J connectivity index is 1.71. The Labute approximate surface area is 172 Å². The lowest BCUT2D eigenvalue weighted by Crippen LogP contribution is -2.49. The predicted octanol–water partition coefficient (Wildman–Crippen LogP) is 2.66. The van der Waals surface area contributed by atoms with Gasteiger partial charge in [-0.3, -0.25) is 20.6 Å². The van der Waals surface area contributed by atoms with Gasteiger partial charge in [0.25, 0.3) is 5.90 Å². The summed E-state index contributed by atoms with van der Waals surface area (Å²) in [6.45, 7) is 1.40. The van der Waals surface area contributed by atoms with Gasteiger partial charge >= 0.3 is 6.43 Å². The van der Waals surface area contributed by atoms with Gasteiger partial charge in [0, 0.05) is 13.2 Å². The van der Waals surface area contributed by atoms with Crippen LogP contribution in [0.5, 0.6) is 0 Å². The Morgan fingerprint density at radius 2 is 1.97 bits per heavy atom. The molecule has 8 nitrogen and oxygen atoms in total. The second-order valence-corrected chi connectivity index (χ2v) is 6.68.